The fourth-order valence-corrected chi connectivity index (χ4v) is 1.33. The highest BCUT2D eigenvalue weighted by atomic mass is 16.2. The summed E-state index contributed by atoms with van der Waals surface area (Å²) in [6, 6.07) is 2.28. The third kappa shape index (κ3) is 2.62. The molecular formula is C9H15N3O. The molecule has 0 atom stereocenters. The van der Waals surface area contributed by atoms with Gasteiger partial charge in [0.25, 0.3) is 0 Å². The van der Waals surface area contributed by atoms with Gasteiger partial charge < -0.3 is 10.2 Å². The summed E-state index contributed by atoms with van der Waals surface area (Å²) >= 11 is 0. The van der Waals surface area contributed by atoms with Gasteiger partial charge in [0.1, 0.15) is 0 Å². The van der Waals surface area contributed by atoms with Crippen molar-refractivity contribution < 1.29 is 4.79 Å². The molecule has 1 saturated heterocycles. The fourth-order valence-electron chi connectivity index (χ4n) is 1.33. The van der Waals surface area contributed by atoms with Gasteiger partial charge in [-0.05, 0) is 13.8 Å². The molecule has 0 spiro atoms. The number of urea groups is 1. The Morgan fingerprint density at radius 1 is 1.69 bits per heavy atom. The van der Waals surface area contributed by atoms with Crippen LogP contribution in [0.2, 0.25) is 0 Å². The molecule has 72 valence electrons. The maximum atomic E-state index is 11.3. The van der Waals surface area contributed by atoms with Gasteiger partial charge in [0.2, 0.25) is 0 Å². The Morgan fingerprint density at radius 3 is 2.77 bits per heavy atom. The number of nitrogens with one attached hydrogen (secondary N) is 1. The van der Waals surface area contributed by atoms with E-state index in [0.717, 1.165) is 13.1 Å². The van der Waals surface area contributed by atoms with E-state index in [2.05, 4.69) is 11.4 Å². The molecule has 0 radical (unpaired) electrons. The van der Waals surface area contributed by atoms with Crippen molar-refractivity contribution in [3.8, 4) is 6.07 Å². The highest BCUT2D eigenvalue weighted by Crippen LogP contribution is 2.18. The molecule has 1 fully saturated rings. The third-order valence-corrected chi connectivity index (χ3v) is 2.04. The summed E-state index contributed by atoms with van der Waals surface area (Å²) in [5.41, 5.74) is 0. The zero-order valence-corrected chi connectivity index (χ0v) is 8.08. The van der Waals surface area contributed by atoms with E-state index in [1.807, 2.05) is 13.8 Å². The Bertz CT molecular complexity index is 226. The lowest BCUT2D eigenvalue weighted by Crippen LogP contribution is -2.54. The van der Waals surface area contributed by atoms with Gasteiger partial charge in [0.05, 0.1) is 6.07 Å². The largest absolute Gasteiger partial charge is 0.336 e. The molecule has 1 rings (SSSR count). The van der Waals surface area contributed by atoms with E-state index in [-0.39, 0.29) is 12.1 Å². The average Bonchev–Trinajstić information content (AvgIpc) is 1.93. The van der Waals surface area contributed by atoms with Gasteiger partial charge in [-0.15, -0.1) is 0 Å². The van der Waals surface area contributed by atoms with Gasteiger partial charge in [0, 0.05) is 31.5 Å². The highest BCUT2D eigenvalue weighted by molar-refractivity contribution is 5.75. The zero-order valence-electron chi connectivity index (χ0n) is 8.08. The zero-order chi connectivity index (χ0) is 9.84. The summed E-state index contributed by atoms with van der Waals surface area (Å²) in [7, 11) is 0. The monoisotopic (exact) mass is 181 g/mol. The van der Waals surface area contributed by atoms with E-state index < -0.39 is 0 Å². The van der Waals surface area contributed by atoms with Gasteiger partial charge in [-0.2, -0.15) is 5.26 Å². The van der Waals surface area contributed by atoms with Crippen LogP contribution in [0, 0.1) is 17.2 Å². The molecule has 1 aliphatic heterocycles. The SMILES string of the molecule is CC(C)NC(=O)N1CC(CC#N)C1. The quantitative estimate of drug-likeness (QED) is 0.689. The number of rotatable bonds is 2. The van der Waals surface area contributed by atoms with Crippen molar-refractivity contribution in [1.29, 1.82) is 5.26 Å². The van der Waals surface area contributed by atoms with Crippen LogP contribution in [-0.4, -0.2) is 30.1 Å². The van der Waals surface area contributed by atoms with Crippen LogP contribution in [0.15, 0.2) is 0 Å². The Morgan fingerprint density at radius 2 is 2.31 bits per heavy atom. The van der Waals surface area contributed by atoms with Crippen LogP contribution in [0.4, 0.5) is 4.79 Å². The van der Waals surface area contributed by atoms with Gasteiger partial charge >= 0.3 is 6.03 Å². The second kappa shape index (κ2) is 4.13. The molecule has 0 aromatic heterocycles. The van der Waals surface area contributed by atoms with Crippen molar-refractivity contribution in [2.75, 3.05) is 13.1 Å². The number of hydrogen-bond donors (Lipinski definition) is 1. The Labute approximate surface area is 78.5 Å². The molecule has 0 aromatic carbocycles. The minimum Gasteiger partial charge on any atom is -0.336 e. The van der Waals surface area contributed by atoms with Crippen LogP contribution in [-0.2, 0) is 0 Å². The number of carbonyl (C=O) groups excluding carboxylic acids is 1. The van der Waals surface area contributed by atoms with E-state index in [1.54, 1.807) is 4.90 Å². The Kier molecular flexibility index (Phi) is 3.13. The first-order valence-corrected chi connectivity index (χ1v) is 4.56. The predicted molar refractivity (Wildman–Crippen MR) is 49.0 cm³/mol. The summed E-state index contributed by atoms with van der Waals surface area (Å²) in [5.74, 6) is 0.392. The van der Waals surface area contributed by atoms with Crippen molar-refractivity contribution in [2.24, 2.45) is 5.92 Å². The Hall–Kier alpha value is -1.24. The number of amides is 2. The molecule has 2 amide bonds. The van der Waals surface area contributed by atoms with Crippen LogP contribution in [0.25, 0.3) is 0 Å². The average molecular weight is 181 g/mol. The van der Waals surface area contributed by atoms with E-state index in [1.165, 1.54) is 0 Å². The molecule has 0 saturated carbocycles. The minimum absolute atomic E-state index is 0.0100. The van der Waals surface area contributed by atoms with E-state index >= 15 is 0 Å². The number of likely N-dealkylation sites (tertiary alicyclic amines) is 1. The van der Waals surface area contributed by atoms with E-state index in [0.29, 0.717) is 12.3 Å². The standard InChI is InChI=1S/C9H15N3O/c1-7(2)11-9(13)12-5-8(6-12)3-4-10/h7-8H,3,5-6H2,1-2H3,(H,11,13). The lowest BCUT2D eigenvalue weighted by molar-refractivity contribution is 0.121. The predicted octanol–water partition coefficient (Wildman–Crippen LogP) is 0.950. The summed E-state index contributed by atoms with van der Waals surface area (Å²) in [4.78, 5) is 13.1. The Balaban J connectivity index is 2.20. The normalized spacial score (nSPS) is 16.6. The lowest BCUT2D eigenvalue weighted by atomic mass is 9.98. The molecule has 4 heteroatoms. The van der Waals surface area contributed by atoms with E-state index in [9.17, 15) is 4.79 Å². The number of hydrogen-bond acceptors (Lipinski definition) is 2. The number of nitrogens with zero attached hydrogens (tertiary/aromatic N) is 2. The second-order valence-corrected chi connectivity index (χ2v) is 3.74. The molecule has 4 nitrogen and oxygen atoms in total. The first-order valence-electron chi connectivity index (χ1n) is 4.56. The van der Waals surface area contributed by atoms with Crippen LogP contribution < -0.4 is 5.32 Å². The van der Waals surface area contributed by atoms with Crippen LogP contribution in [0.3, 0.4) is 0 Å². The molecule has 1 N–H and O–H groups in total. The van der Waals surface area contributed by atoms with Crippen molar-refractivity contribution in [3.05, 3.63) is 0 Å². The van der Waals surface area contributed by atoms with Gasteiger partial charge in [-0.1, -0.05) is 0 Å². The van der Waals surface area contributed by atoms with Crippen molar-refractivity contribution in [2.45, 2.75) is 26.3 Å². The molecular weight excluding hydrogens is 166 g/mol. The molecule has 1 heterocycles. The second-order valence-electron chi connectivity index (χ2n) is 3.74. The van der Waals surface area contributed by atoms with Crippen molar-refractivity contribution >= 4 is 6.03 Å². The topological polar surface area (TPSA) is 56.1 Å². The maximum Gasteiger partial charge on any atom is 0.317 e. The maximum absolute atomic E-state index is 11.3. The third-order valence-electron chi connectivity index (χ3n) is 2.04. The first kappa shape index (κ1) is 9.85. The van der Waals surface area contributed by atoms with Crippen LogP contribution in [0.5, 0.6) is 0 Å². The first-order chi connectivity index (χ1) is 6.13. The summed E-state index contributed by atoms with van der Waals surface area (Å²) < 4.78 is 0. The van der Waals surface area contributed by atoms with Gasteiger partial charge in [-0.3, -0.25) is 0 Å². The fraction of sp³-hybridized carbons (Fsp3) is 0.778. The lowest BCUT2D eigenvalue weighted by Gasteiger charge is -2.38. The molecule has 0 bridgehead atoms. The number of carbonyl (C=O) groups is 1. The molecule has 1 aliphatic rings. The van der Waals surface area contributed by atoms with Gasteiger partial charge in [0.15, 0.2) is 0 Å². The van der Waals surface area contributed by atoms with Gasteiger partial charge in [-0.25, -0.2) is 4.79 Å². The molecule has 0 aliphatic carbocycles. The smallest absolute Gasteiger partial charge is 0.317 e. The van der Waals surface area contributed by atoms with Crippen LogP contribution >= 0.6 is 0 Å². The molecule has 0 unspecified atom stereocenters. The highest BCUT2D eigenvalue weighted by Gasteiger charge is 2.30. The summed E-state index contributed by atoms with van der Waals surface area (Å²) in [6.07, 6.45) is 0.561. The van der Waals surface area contributed by atoms with E-state index in [4.69, 9.17) is 5.26 Å². The summed E-state index contributed by atoms with van der Waals surface area (Å²) in [6.45, 7) is 5.33. The molecule has 13 heavy (non-hydrogen) atoms. The number of nitriles is 1. The van der Waals surface area contributed by atoms with Crippen molar-refractivity contribution in [3.63, 3.8) is 0 Å². The van der Waals surface area contributed by atoms with Crippen LogP contribution in [0.1, 0.15) is 20.3 Å². The summed E-state index contributed by atoms with van der Waals surface area (Å²) in [5, 5.41) is 11.2. The minimum atomic E-state index is -0.0100. The molecule has 0 aromatic rings. The van der Waals surface area contributed by atoms with Crippen molar-refractivity contribution in [1.82, 2.24) is 10.2 Å².